The summed E-state index contributed by atoms with van der Waals surface area (Å²) >= 11 is 1.36. The lowest BCUT2D eigenvalue weighted by Gasteiger charge is -2.09. The molecule has 3 aromatic rings. The predicted molar refractivity (Wildman–Crippen MR) is 113 cm³/mol. The van der Waals surface area contributed by atoms with E-state index in [0.717, 1.165) is 5.56 Å². The highest BCUT2D eigenvalue weighted by molar-refractivity contribution is 7.90. The molecule has 0 fully saturated rings. The van der Waals surface area contributed by atoms with Crippen LogP contribution in [-0.4, -0.2) is 45.2 Å². The SMILES string of the molecule is COc1cc(/C=N/Nc2nc(-c3ccc(S(C)(=O)=O)cc3)cs2)cc(OC)c1O. The van der Waals surface area contributed by atoms with Gasteiger partial charge in [-0.25, -0.2) is 13.4 Å². The molecule has 0 saturated carbocycles. The lowest BCUT2D eigenvalue weighted by Crippen LogP contribution is -1.96. The van der Waals surface area contributed by atoms with Crippen molar-refractivity contribution in [2.45, 2.75) is 4.90 Å². The van der Waals surface area contributed by atoms with Gasteiger partial charge in [0.15, 0.2) is 21.3 Å². The number of aromatic nitrogens is 1. The van der Waals surface area contributed by atoms with Gasteiger partial charge in [0.05, 0.1) is 31.0 Å². The lowest BCUT2D eigenvalue weighted by molar-refractivity contribution is 0.340. The van der Waals surface area contributed by atoms with Crippen LogP contribution in [0.3, 0.4) is 0 Å². The van der Waals surface area contributed by atoms with Crippen molar-refractivity contribution >= 4 is 32.5 Å². The molecule has 2 aromatic carbocycles. The van der Waals surface area contributed by atoms with E-state index < -0.39 is 9.84 Å². The highest BCUT2D eigenvalue weighted by atomic mass is 32.2. The summed E-state index contributed by atoms with van der Waals surface area (Å²) in [6.45, 7) is 0. The van der Waals surface area contributed by atoms with Gasteiger partial charge in [0.25, 0.3) is 0 Å². The molecule has 0 radical (unpaired) electrons. The van der Waals surface area contributed by atoms with Gasteiger partial charge in [-0.05, 0) is 24.3 Å². The number of rotatable bonds is 7. The molecule has 0 aliphatic heterocycles. The summed E-state index contributed by atoms with van der Waals surface area (Å²) < 4.78 is 33.3. The molecule has 3 rings (SSSR count). The maximum atomic E-state index is 11.6. The maximum Gasteiger partial charge on any atom is 0.203 e. The monoisotopic (exact) mass is 433 g/mol. The first-order valence-corrected chi connectivity index (χ1v) is 11.1. The third-order valence-electron chi connectivity index (χ3n) is 3.96. The van der Waals surface area contributed by atoms with E-state index in [0.29, 0.717) is 16.4 Å². The number of sulfone groups is 1. The van der Waals surface area contributed by atoms with E-state index in [1.807, 2.05) is 5.38 Å². The zero-order valence-corrected chi connectivity index (χ0v) is 17.5. The largest absolute Gasteiger partial charge is 0.502 e. The van der Waals surface area contributed by atoms with Crippen molar-refractivity contribution < 1.29 is 23.0 Å². The van der Waals surface area contributed by atoms with E-state index in [1.54, 1.807) is 42.6 Å². The molecule has 2 N–H and O–H groups in total. The van der Waals surface area contributed by atoms with Gasteiger partial charge in [0.2, 0.25) is 10.9 Å². The molecule has 29 heavy (non-hydrogen) atoms. The molecule has 10 heteroatoms. The molecule has 1 heterocycles. The Morgan fingerprint density at radius 2 is 1.76 bits per heavy atom. The van der Waals surface area contributed by atoms with Gasteiger partial charge in [-0.3, -0.25) is 5.43 Å². The van der Waals surface area contributed by atoms with Gasteiger partial charge in [-0.2, -0.15) is 5.10 Å². The average molecular weight is 434 g/mol. The van der Waals surface area contributed by atoms with E-state index in [1.165, 1.54) is 31.8 Å². The Labute approximate surface area is 172 Å². The van der Waals surface area contributed by atoms with Crippen molar-refractivity contribution in [1.82, 2.24) is 4.98 Å². The Morgan fingerprint density at radius 3 is 2.31 bits per heavy atom. The number of hydrogen-bond donors (Lipinski definition) is 2. The van der Waals surface area contributed by atoms with Crippen LogP contribution >= 0.6 is 11.3 Å². The summed E-state index contributed by atoms with van der Waals surface area (Å²) in [7, 11) is -0.327. The quantitative estimate of drug-likeness (QED) is 0.434. The Hall–Kier alpha value is -3.11. The number of aromatic hydroxyl groups is 1. The number of nitrogens with one attached hydrogen (secondary N) is 1. The Balaban J connectivity index is 1.72. The van der Waals surface area contributed by atoms with Crippen molar-refractivity contribution in [1.29, 1.82) is 0 Å². The van der Waals surface area contributed by atoms with E-state index in [-0.39, 0.29) is 22.1 Å². The summed E-state index contributed by atoms with van der Waals surface area (Å²) in [5.74, 6) is 0.478. The van der Waals surface area contributed by atoms with Crippen LogP contribution in [0, 0.1) is 0 Å². The number of nitrogens with zero attached hydrogens (tertiary/aromatic N) is 2. The highest BCUT2D eigenvalue weighted by Crippen LogP contribution is 2.36. The maximum absolute atomic E-state index is 11.6. The van der Waals surface area contributed by atoms with Gasteiger partial charge in [0, 0.05) is 22.8 Å². The van der Waals surface area contributed by atoms with E-state index in [2.05, 4.69) is 15.5 Å². The fourth-order valence-corrected chi connectivity index (χ4v) is 3.78. The van der Waals surface area contributed by atoms with Gasteiger partial charge in [0.1, 0.15) is 0 Å². The van der Waals surface area contributed by atoms with Crippen LogP contribution < -0.4 is 14.9 Å². The second-order valence-electron chi connectivity index (χ2n) is 5.98. The van der Waals surface area contributed by atoms with Gasteiger partial charge in [-0.1, -0.05) is 12.1 Å². The number of benzene rings is 2. The molecule has 8 nitrogen and oxygen atoms in total. The molecule has 152 valence electrons. The molecule has 0 bridgehead atoms. The summed E-state index contributed by atoms with van der Waals surface area (Å²) in [5, 5.41) is 16.5. The van der Waals surface area contributed by atoms with Gasteiger partial charge < -0.3 is 14.6 Å². The number of phenols is 1. The van der Waals surface area contributed by atoms with Crippen LogP contribution in [-0.2, 0) is 9.84 Å². The van der Waals surface area contributed by atoms with Crippen LogP contribution in [0.5, 0.6) is 17.2 Å². The zero-order chi connectivity index (χ0) is 21.0. The van der Waals surface area contributed by atoms with Crippen LogP contribution in [0.15, 0.2) is 51.8 Å². The van der Waals surface area contributed by atoms with Gasteiger partial charge in [-0.15, -0.1) is 11.3 Å². The minimum absolute atomic E-state index is 0.0773. The Morgan fingerprint density at radius 1 is 1.14 bits per heavy atom. The van der Waals surface area contributed by atoms with Crippen molar-refractivity contribution in [2.24, 2.45) is 5.10 Å². The smallest absolute Gasteiger partial charge is 0.203 e. The van der Waals surface area contributed by atoms with Crippen molar-refractivity contribution in [3.8, 4) is 28.5 Å². The number of hydrogen-bond acceptors (Lipinski definition) is 9. The minimum atomic E-state index is -3.23. The third-order valence-corrected chi connectivity index (χ3v) is 5.83. The normalized spacial score (nSPS) is 11.6. The van der Waals surface area contributed by atoms with Crippen LogP contribution in [0.4, 0.5) is 5.13 Å². The summed E-state index contributed by atoms with van der Waals surface area (Å²) in [6.07, 6.45) is 2.72. The van der Waals surface area contributed by atoms with Crippen molar-refractivity contribution in [3.63, 3.8) is 0 Å². The van der Waals surface area contributed by atoms with E-state index in [9.17, 15) is 13.5 Å². The summed E-state index contributed by atoms with van der Waals surface area (Å²) in [6, 6.07) is 9.79. The first-order chi connectivity index (χ1) is 13.8. The number of thiazole rings is 1. The predicted octanol–water partition coefficient (Wildman–Crippen LogP) is 3.38. The number of ether oxygens (including phenoxy) is 2. The average Bonchev–Trinajstić information content (AvgIpc) is 3.17. The summed E-state index contributed by atoms with van der Waals surface area (Å²) in [5.41, 5.74) is 5.02. The standard InChI is InChI=1S/C19H19N3O5S2/c1-26-16-8-12(9-17(27-2)18(16)23)10-20-22-19-21-15(11-28-19)13-4-6-14(7-5-13)29(3,24)25/h4-11,23H,1-3H3,(H,21,22)/b20-10+. The number of phenolic OH excluding ortho intramolecular Hbond substituents is 1. The van der Waals surface area contributed by atoms with Crippen LogP contribution in [0.1, 0.15) is 5.56 Å². The molecular formula is C19H19N3O5S2. The van der Waals surface area contributed by atoms with E-state index >= 15 is 0 Å². The Kier molecular flexibility index (Phi) is 6.04. The molecular weight excluding hydrogens is 414 g/mol. The van der Waals surface area contributed by atoms with Gasteiger partial charge >= 0.3 is 0 Å². The highest BCUT2D eigenvalue weighted by Gasteiger charge is 2.11. The molecule has 0 saturated heterocycles. The molecule has 0 amide bonds. The molecule has 1 aromatic heterocycles. The molecule has 0 aliphatic rings. The first kappa shape index (κ1) is 20.6. The minimum Gasteiger partial charge on any atom is -0.502 e. The second-order valence-corrected chi connectivity index (χ2v) is 8.85. The number of hydrazone groups is 1. The van der Waals surface area contributed by atoms with Crippen molar-refractivity contribution in [3.05, 3.63) is 47.3 Å². The zero-order valence-electron chi connectivity index (χ0n) is 15.9. The molecule has 0 aliphatic carbocycles. The first-order valence-electron chi connectivity index (χ1n) is 8.32. The number of anilines is 1. The van der Waals surface area contributed by atoms with Crippen LogP contribution in [0.2, 0.25) is 0 Å². The number of methoxy groups -OCH3 is 2. The lowest BCUT2D eigenvalue weighted by atomic mass is 10.2. The second kappa shape index (κ2) is 8.50. The Bertz CT molecular complexity index is 1110. The van der Waals surface area contributed by atoms with E-state index in [4.69, 9.17) is 9.47 Å². The molecule has 0 unspecified atom stereocenters. The van der Waals surface area contributed by atoms with Crippen LogP contribution in [0.25, 0.3) is 11.3 Å². The third kappa shape index (κ3) is 4.84. The fraction of sp³-hybridized carbons (Fsp3) is 0.158. The summed E-state index contributed by atoms with van der Waals surface area (Å²) in [4.78, 5) is 4.70. The molecule has 0 atom stereocenters. The fourth-order valence-electron chi connectivity index (χ4n) is 2.48. The van der Waals surface area contributed by atoms with Crippen molar-refractivity contribution in [2.75, 3.05) is 25.9 Å². The topological polar surface area (TPSA) is 110 Å². The molecule has 0 spiro atoms.